The molecule has 0 saturated carbocycles. The van der Waals surface area contributed by atoms with Crippen LogP contribution in [0.25, 0.3) is 10.8 Å². The smallest absolute Gasteiger partial charge is 0.338 e. The molecule has 0 fully saturated rings. The van der Waals surface area contributed by atoms with Crippen LogP contribution >= 0.6 is 0 Å². The molecule has 3 aromatic carbocycles. The summed E-state index contributed by atoms with van der Waals surface area (Å²) in [5.41, 5.74) is 0.532. The van der Waals surface area contributed by atoms with Gasteiger partial charge in [-0.25, -0.2) is 17.5 Å². The first-order chi connectivity index (χ1) is 13.0. The van der Waals surface area contributed by atoms with Gasteiger partial charge in [0.05, 0.1) is 17.7 Å². The number of nitrogens with zero attached hydrogens (tertiary/aromatic N) is 1. The highest BCUT2D eigenvalue weighted by Gasteiger charge is 2.40. The molecule has 0 bridgehead atoms. The van der Waals surface area contributed by atoms with E-state index in [4.69, 9.17) is 4.74 Å². The highest BCUT2D eigenvalue weighted by molar-refractivity contribution is 7.90. The van der Waals surface area contributed by atoms with Crippen LogP contribution in [0.15, 0.2) is 71.6 Å². The molecule has 4 rings (SSSR count). The predicted molar refractivity (Wildman–Crippen MR) is 98.9 cm³/mol. The number of ether oxygens (including phenoxy) is 1. The van der Waals surface area contributed by atoms with Gasteiger partial charge < -0.3 is 4.74 Å². The Morgan fingerprint density at radius 2 is 1.63 bits per heavy atom. The Hall–Kier alpha value is -3.19. The Morgan fingerprint density at radius 1 is 0.926 bits per heavy atom. The molecular formula is C20H15NO5S. The Kier molecular flexibility index (Phi) is 4.16. The number of hydrogen-bond acceptors (Lipinski definition) is 5. The summed E-state index contributed by atoms with van der Waals surface area (Å²) >= 11 is 0. The molecule has 0 aromatic heterocycles. The van der Waals surface area contributed by atoms with E-state index in [-0.39, 0.29) is 23.6 Å². The summed E-state index contributed by atoms with van der Waals surface area (Å²) in [7, 11) is -3.90. The Bertz CT molecular complexity index is 1160. The lowest BCUT2D eigenvalue weighted by molar-refractivity contribution is 0.0480. The number of esters is 1. The van der Waals surface area contributed by atoms with Gasteiger partial charge in [0.25, 0.3) is 15.9 Å². The van der Waals surface area contributed by atoms with E-state index < -0.39 is 21.9 Å². The maximum absolute atomic E-state index is 12.5. The number of carbonyl (C=O) groups is 2. The van der Waals surface area contributed by atoms with Crippen LogP contribution < -0.4 is 0 Å². The molecular weight excluding hydrogens is 366 g/mol. The van der Waals surface area contributed by atoms with Crippen molar-refractivity contribution in [2.75, 3.05) is 13.2 Å². The van der Waals surface area contributed by atoms with Crippen LogP contribution in [0.1, 0.15) is 20.7 Å². The molecule has 1 amide bonds. The molecule has 1 aliphatic heterocycles. The summed E-state index contributed by atoms with van der Waals surface area (Å²) in [5, 5.41) is 1.65. The van der Waals surface area contributed by atoms with Gasteiger partial charge in [0.15, 0.2) is 0 Å². The predicted octanol–water partition coefficient (Wildman–Crippen LogP) is 2.84. The number of sulfonamides is 1. The van der Waals surface area contributed by atoms with E-state index in [0.29, 0.717) is 5.56 Å². The molecule has 0 N–H and O–H groups in total. The molecule has 0 saturated heterocycles. The van der Waals surface area contributed by atoms with Crippen molar-refractivity contribution in [2.45, 2.75) is 4.90 Å². The van der Waals surface area contributed by atoms with E-state index in [9.17, 15) is 18.0 Å². The quantitative estimate of drug-likeness (QED) is 0.649. The third kappa shape index (κ3) is 2.86. The molecule has 1 aliphatic rings. The third-order valence-electron chi connectivity index (χ3n) is 4.45. The van der Waals surface area contributed by atoms with Crippen LogP contribution in [-0.2, 0) is 14.8 Å². The Morgan fingerprint density at radius 3 is 2.44 bits per heavy atom. The minimum Gasteiger partial charge on any atom is -0.460 e. The minimum atomic E-state index is -3.90. The van der Waals surface area contributed by atoms with E-state index in [1.54, 1.807) is 24.3 Å². The second-order valence-electron chi connectivity index (χ2n) is 6.04. The minimum absolute atomic E-state index is 0.0182. The Labute approximate surface area is 156 Å². The van der Waals surface area contributed by atoms with Gasteiger partial charge in [-0.1, -0.05) is 48.5 Å². The maximum Gasteiger partial charge on any atom is 0.338 e. The van der Waals surface area contributed by atoms with Crippen molar-refractivity contribution in [3.05, 3.63) is 77.9 Å². The van der Waals surface area contributed by atoms with Crippen LogP contribution in [0.2, 0.25) is 0 Å². The highest BCUT2D eigenvalue weighted by Crippen LogP contribution is 2.29. The maximum atomic E-state index is 12.5. The second kappa shape index (κ2) is 6.51. The molecule has 136 valence electrons. The van der Waals surface area contributed by atoms with Crippen molar-refractivity contribution >= 4 is 32.7 Å². The van der Waals surface area contributed by atoms with Gasteiger partial charge in [0, 0.05) is 0 Å². The number of amides is 1. The molecule has 6 nitrogen and oxygen atoms in total. The zero-order valence-corrected chi connectivity index (χ0v) is 15.0. The summed E-state index contributed by atoms with van der Waals surface area (Å²) in [6.07, 6.45) is 0. The lowest BCUT2D eigenvalue weighted by Crippen LogP contribution is -2.33. The van der Waals surface area contributed by atoms with Crippen molar-refractivity contribution < 1.29 is 22.7 Å². The largest absolute Gasteiger partial charge is 0.460 e. The van der Waals surface area contributed by atoms with E-state index in [2.05, 4.69) is 0 Å². The van der Waals surface area contributed by atoms with E-state index >= 15 is 0 Å². The number of hydrogen-bond donors (Lipinski definition) is 0. The van der Waals surface area contributed by atoms with Crippen molar-refractivity contribution in [1.82, 2.24) is 4.31 Å². The van der Waals surface area contributed by atoms with Crippen molar-refractivity contribution in [3.8, 4) is 0 Å². The highest BCUT2D eigenvalue weighted by atomic mass is 32.2. The zero-order chi connectivity index (χ0) is 19.0. The first-order valence-electron chi connectivity index (χ1n) is 8.31. The molecule has 0 aliphatic carbocycles. The molecule has 0 atom stereocenters. The van der Waals surface area contributed by atoms with Crippen molar-refractivity contribution in [2.24, 2.45) is 0 Å². The van der Waals surface area contributed by atoms with Gasteiger partial charge in [-0.15, -0.1) is 0 Å². The van der Waals surface area contributed by atoms with E-state index in [0.717, 1.165) is 15.1 Å². The second-order valence-corrected chi connectivity index (χ2v) is 7.87. The van der Waals surface area contributed by atoms with Gasteiger partial charge in [0.2, 0.25) is 0 Å². The first kappa shape index (κ1) is 17.2. The lowest BCUT2D eigenvalue weighted by atomic mass is 10.1. The number of benzene rings is 3. The number of fused-ring (bicyclic) bond motifs is 2. The molecule has 7 heteroatoms. The fourth-order valence-corrected chi connectivity index (χ4v) is 4.71. The van der Waals surface area contributed by atoms with E-state index in [1.807, 2.05) is 30.3 Å². The summed E-state index contributed by atoms with van der Waals surface area (Å²) in [5.74, 6) is -1.17. The number of rotatable bonds is 4. The SMILES string of the molecule is O=C(OCCN1C(=O)c2ccccc2S1(=O)=O)c1cccc2ccccc12. The fourth-order valence-electron chi connectivity index (χ4n) is 3.15. The zero-order valence-electron chi connectivity index (χ0n) is 14.2. The van der Waals surface area contributed by atoms with E-state index in [1.165, 1.54) is 12.1 Å². The van der Waals surface area contributed by atoms with Crippen LogP contribution in [0.4, 0.5) is 0 Å². The van der Waals surface area contributed by atoms with Gasteiger partial charge >= 0.3 is 5.97 Å². The third-order valence-corrected chi connectivity index (χ3v) is 6.29. The monoisotopic (exact) mass is 381 g/mol. The summed E-state index contributed by atoms with van der Waals surface area (Å²) in [4.78, 5) is 24.7. The summed E-state index contributed by atoms with van der Waals surface area (Å²) < 4.78 is 30.9. The van der Waals surface area contributed by atoms with Crippen molar-refractivity contribution in [1.29, 1.82) is 0 Å². The van der Waals surface area contributed by atoms with Crippen LogP contribution in [0.3, 0.4) is 0 Å². The number of carbonyl (C=O) groups excluding carboxylic acids is 2. The molecule has 1 heterocycles. The van der Waals surface area contributed by atoms with Gasteiger partial charge in [0.1, 0.15) is 11.5 Å². The molecule has 0 unspecified atom stereocenters. The summed E-state index contributed by atoms with van der Waals surface area (Å²) in [6.45, 7) is -0.451. The average molecular weight is 381 g/mol. The fraction of sp³-hybridized carbons (Fsp3) is 0.100. The topological polar surface area (TPSA) is 80.8 Å². The van der Waals surface area contributed by atoms with Gasteiger partial charge in [-0.05, 0) is 29.0 Å². The lowest BCUT2D eigenvalue weighted by Gasteiger charge is -2.15. The van der Waals surface area contributed by atoms with Crippen molar-refractivity contribution in [3.63, 3.8) is 0 Å². The molecule has 0 radical (unpaired) electrons. The standard InChI is InChI=1S/C20H15NO5S/c22-19-17-9-3-4-11-18(17)27(24,25)21(19)12-13-26-20(23)16-10-5-7-14-6-1-2-8-15(14)16/h1-11H,12-13H2. The first-order valence-corrected chi connectivity index (χ1v) is 9.75. The van der Waals surface area contributed by atoms with Gasteiger partial charge in [-0.2, -0.15) is 0 Å². The molecule has 27 heavy (non-hydrogen) atoms. The van der Waals surface area contributed by atoms with Crippen LogP contribution in [0, 0.1) is 0 Å². The van der Waals surface area contributed by atoms with Crippen LogP contribution in [0.5, 0.6) is 0 Å². The average Bonchev–Trinajstić information content (AvgIpc) is 2.88. The molecule has 3 aromatic rings. The van der Waals surface area contributed by atoms with Gasteiger partial charge in [-0.3, -0.25) is 4.79 Å². The summed E-state index contributed by atoms with van der Waals surface area (Å²) in [6, 6.07) is 18.7. The molecule has 0 spiro atoms. The Balaban J connectivity index is 1.49. The normalized spacial score (nSPS) is 15.0. The van der Waals surface area contributed by atoms with Crippen LogP contribution in [-0.4, -0.2) is 37.8 Å².